The molecule has 0 saturated heterocycles. The Labute approximate surface area is 101 Å². The highest BCUT2D eigenvalue weighted by Gasteiger charge is 2.08. The molecule has 1 amide bonds. The first-order valence-corrected chi connectivity index (χ1v) is 5.75. The van der Waals surface area contributed by atoms with Gasteiger partial charge < -0.3 is 4.57 Å². The van der Waals surface area contributed by atoms with Gasteiger partial charge in [0, 0.05) is 24.3 Å². The minimum Gasteiger partial charge on any atom is -0.302 e. The fourth-order valence-corrected chi connectivity index (χ4v) is 2.36. The van der Waals surface area contributed by atoms with Crippen LogP contribution in [0.5, 0.6) is 0 Å². The molecule has 0 saturated carbocycles. The minimum atomic E-state index is -0.318. The molecule has 2 aromatic rings. The number of aromatic nitrogens is 2. The topological polar surface area (TPSA) is 82.1 Å². The molecule has 0 radical (unpaired) electrons. The third-order valence-corrected chi connectivity index (χ3v) is 3.43. The Morgan fingerprint density at radius 1 is 1.47 bits per heavy atom. The average molecular weight is 252 g/mol. The van der Waals surface area contributed by atoms with Crippen molar-refractivity contribution in [2.24, 2.45) is 12.9 Å². The number of carbonyl (C=O) groups excluding carboxylic acids is 1. The van der Waals surface area contributed by atoms with E-state index in [1.165, 1.54) is 15.9 Å². The van der Waals surface area contributed by atoms with E-state index >= 15 is 0 Å². The summed E-state index contributed by atoms with van der Waals surface area (Å²) in [4.78, 5) is 24.3. The number of hydrazine groups is 1. The number of nitrogens with one attached hydrogen (secondary N) is 1. The van der Waals surface area contributed by atoms with Crippen molar-refractivity contribution < 1.29 is 4.79 Å². The van der Waals surface area contributed by atoms with E-state index in [9.17, 15) is 9.59 Å². The molecule has 2 rings (SSSR count). The number of nitrogens with zero attached hydrogens (tertiary/aromatic N) is 2. The van der Waals surface area contributed by atoms with E-state index in [-0.39, 0.29) is 11.6 Å². The van der Waals surface area contributed by atoms with E-state index in [4.69, 9.17) is 5.84 Å². The summed E-state index contributed by atoms with van der Waals surface area (Å²) in [6, 6.07) is 3.50. The standard InChI is InChI=1S/C10H12N4O2S/c1-13-4-5-14(10(13)16)6-7-2-3-8(17-7)9(15)12-11/h2-5H,6,11H2,1H3,(H,12,15). The van der Waals surface area contributed by atoms with Crippen molar-refractivity contribution >= 4 is 17.2 Å². The summed E-state index contributed by atoms with van der Waals surface area (Å²) in [6.45, 7) is 0.461. The summed E-state index contributed by atoms with van der Waals surface area (Å²) in [5, 5.41) is 0. The number of nitrogens with two attached hydrogens (primary N) is 1. The van der Waals surface area contributed by atoms with Crippen LogP contribution < -0.4 is 17.0 Å². The van der Waals surface area contributed by atoms with Crippen LogP contribution in [0.25, 0.3) is 0 Å². The number of amides is 1. The molecule has 17 heavy (non-hydrogen) atoms. The van der Waals surface area contributed by atoms with Crippen molar-refractivity contribution in [2.45, 2.75) is 6.54 Å². The highest BCUT2D eigenvalue weighted by atomic mass is 32.1. The van der Waals surface area contributed by atoms with Crippen LogP contribution in [0.3, 0.4) is 0 Å². The third-order valence-electron chi connectivity index (χ3n) is 2.36. The second kappa shape index (κ2) is 4.56. The van der Waals surface area contributed by atoms with Crippen molar-refractivity contribution in [2.75, 3.05) is 0 Å². The maximum Gasteiger partial charge on any atom is 0.328 e. The zero-order valence-corrected chi connectivity index (χ0v) is 10.0. The number of hydrogen-bond donors (Lipinski definition) is 2. The lowest BCUT2D eigenvalue weighted by Gasteiger charge is -1.97. The zero-order valence-electron chi connectivity index (χ0n) is 9.21. The van der Waals surface area contributed by atoms with Gasteiger partial charge in [0.15, 0.2) is 0 Å². The molecule has 0 aromatic carbocycles. The predicted octanol–water partition coefficient (Wildman–Crippen LogP) is -0.0999. The second-order valence-corrected chi connectivity index (χ2v) is 4.73. The van der Waals surface area contributed by atoms with Gasteiger partial charge in [-0.3, -0.25) is 14.8 Å². The molecule has 0 spiro atoms. The summed E-state index contributed by atoms with van der Waals surface area (Å²) in [7, 11) is 1.69. The molecule has 0 atom stereocenters. The van der Waals surface area contributed by atoms with Gasteiger partial charge in [-0.1, -0.05) is 0 Å². The average Bonchev–Trinajstić information content (AvgIpc) is 2.91. The molecular weight excluding hydrogens is 240 g/mol. The van der Waals surface area contributed by atoms with Gasteiger partial charge in [0.25, 0.3) is 5.91 Å². The van der Waals surface area contributed by atoms with Gasteiger partial charge in [-0.05, 0) is 12.1 Å². The molecule has 0 fully saturated rings. The second-order valence-electron chi connectivity index (χ2n) is 3.56. The number of aryl methyl sites for hydroxylation is 1. The Balaban J connectivity index is 2.20. The molecule has 2 heterocycles. The van der Waals surface area contributed by atoms with Crippen LogP contribution in [0.1, 0.15) is 14.5 Å². The molecule has 0 unspecified atom stereocenters. The van der Waals surface area contributed by atoms with E-state index < -0.39 is 0 Å². The molecule has 2 aromatic heterocycles. The Bertz CT molecular complexity index is 595. The Morgan fingerprint density at radius 3 is 2.82 bits per heavy atom. The number of imidazole rings is 1. The van der Waals surface area contributed by atoms with Gasteiger partial charge in [-0.2, -0.15) is 0 Å². The van der Waals surface area contributed by atoms with E-state index in [1.54, 1.807) is 30.1 Å². The van der Waals surface area contributed by atoms with Crippen LogP contribution in [-0.4, -0.2) is 15.0 Å². The highest BCUT2D eigenvalue weighted by Crippen LogP contribution is 2.16. The van der Waals surface area contributed by atoms with Crippen LogP contribution in [0.2, 0.25) is 0 Å². The summed E-state index contributed by atoms with van der Waals surface area (Å²) in [6.07, 6.45) is 3.41. The summed E-state index contributed by atoms with van der Waals surface area (Å²) < 4.78 is 3.08. The maximum atomic E-state index is 11.6. The number of hydrogen-bond acceptors (Lipinski definition) is 4. The molecule has 3 N–H and O–H groups in total. The quantitative estimate of drug-likeness (QED) is 0.454. The Hall–Kier alpha value is -1.86. The Kier molecular flexibility index (Phi) is 3.12. The van der Waals surface area contributed by atoms with Gasteiger partial charge in [0.1, 0.15) is 0 Å². The molecule has 0 aliphatic carbocycles. The van der Waals surface area contributed by atoms with E-state index in [2.05, 4.69) is 5.43 Å². The van der Waals surface area contributed by atoms with Gasteiger partial charge in [0.05, 0.1) is 11.4 Å². The SMILES string of the molecule is Cn1ccn(Cc2ccc(C(=O)NN)s2)c1=O. The van der Waals surface area contributed by atoms with Crippen LogP contribution in [0.4, 0.5) is 0 Å². The van der Waals surface area contributed by atoms with Gasteiger partial charge in [-0.15, -0.1) is 11.3 Å². The number of carbonyl (C=O) groups is 1. The number of rotatable bonds is 3. The smallest absolute Gasteiger partial charge is 0.302 e. The fraction of sp³-hybridized carbons (Fsp3) is 0.200. The van der Waals surface area contributed by atoms with Crippen LogP contribution in [-0.2, 0) is 13.6 Å². The third kappa shape index (κ3) is 2.29. The Morgan fingerprint density at radius 2 is 2.24 bits per heavy atom. The van der Waals surface area contributed by atoms with Crippen molar-refractivity contribution in [1.29, 1.82) is 0 Å². The molecule has 0 bridgehead atoms. The summed E-state index contributed by atoms with van der Waals surface area (Å²) in [5.41, 5.74) is 1.99. The lowest BCUT2D eigenvalue weighted by atomic mass is 10.4. The normalized spacial score (nSPS) is 10.5. The molecular formula is C10H12N4O2S. The molecule has 0 aliphatic heterocycles. The molecule has 7 heteroatoms. The van der Waals surface area contributed by atoms with Gasteiger partial charge in [-0.25, -0.2) is 10.6 Å². The number of thiophene rings is 1. The van der Waals surface area contributed by atoms with E-state index in [0.717, 1.165) is 4.88 Å². The van der Waals surface area contributed by atoms with Crippen molar-refractivity contribution in [3.8, 4) is 0 Å². The minimum absolute atomic E-state index is 0.0803. The molecule has 0 aliphatic rings. The summed E-state index contributed by atoms with van der Waals surface area (Å²) in [5.74, 6) is 4.72. The van der Waals surface area contributed by atoms with Crippen LogP contribution >= 0.6 is 11.3 Å². The van der Waals surface area contributed by atoms with Gasteiger partial charge >= 0.3 is 5.69 Å². The maximum absolute atomic E-state index is 11.6. The first kappa shape index (κ1) is 11.6. The summed E-state index contributed by atoms with van der Waals surface area (Å²) >= 11 is 1.32. The first-order valence-electron chi connectivity index (χ1n) is 4.93. The van der Waals surface area contributed by atoms with Crippen LogP contribution in [0.15, 0.2) is 29.3 Å². The zero-order chi connectivity index (χ0) is 12.4. The largest absolute Gasteiger partial charge is 0.328 e. The molecule has 90 valence electrons. The predicted molar refractivity (Wildman–Crippen MR) is 64.7 cm³/mol. The van der Waals surface area contributed by atoms with E-state index in [1.807, 2.05) is 6.07 Å². The van der Waals surface area contributed by atoms with E-state index in [0.29, 0.717) is 11.4 Å². The van der Waals surface area contributed by atoms with Crippen molar-refractivity contribution in [3.05, 3.63) is 44.8 Å². The fourth-order valence-electron chi connectivity index (χ4n) is 1.45. The van der Waals surface area contributed by atoms with Gasteiger partial charge in [0.2, 0.25) is 0 Å². The van der Waals surface area contributed by atoms with Crippen LogP contribution in [0, 0.1) is 0 Å². The monoisotopic (exact) mass is 252 g/mol. The number of nitrogen functional groups attached to an aromatic ring is 1. The molecule has 6 nitrogen and oxygen atoms in total. The lowest BCUT2D eigenvalue weighted by molar-refractivity contribution is 0.0957. The van der Waals surface area contributed by atoms with Crippen molar-refractivity contribution in [1.82, 2.24) is 14.6 Å². The van der Waals surface area contributed by atoms with Crippen molar-refractivity contribution in [3.63, 3.8) is 0 Å². The highest BCUT2D eigenvalue weighted by molar-refractivity contribution is 7.14. The first-order chi connectivity index (χ1) is 8.11. The lowest BCUT2D eigenvalue weighted by Crippen LogP contribution is -2.29.